The third kappa shape index (κ3) is 4.07. The molecule has 2 aromatic carbocycles. The van der Waals surface area contributed by atoms with E-state index in [2.05, 4.69) is 20.8 Å². The number of nitrogens with zero attached hydrogens (tertiary/aromatic N) is 5. The molecule has 8 heteroatoms. The summed E-state index contributed by atoms with van der Waals surface area (Å²) in [4.78, 5) is 12.2. The van der Waals surface area contributed by atoms with E-state index in [1.807, 2.05) is 38.1 Å². The van der Waals surface area contributed by atoms with Crippen LogP contribution in [0.2, 0.25) is 0 Å². The summed E-state index contributed by atoms with van der Waals surface area (Å²) in [6.07, 6.45) is 0. The molecule has 1 N–H and O–H groups in total. The summed E-state index contributed by atoms with van der Waals surface area (Å²) in [5.41, 5.74) is 4.26. The smallest absolute Gasteiger partial charge is 0.234 e. The monoisotopic (exact) mass is 364 g/mol. The Bertz CT molecular complexity index is 991. The molecule has 26 heavy (non-hydrogen) atoms. The van der Waals surface area contributed by atoms with Crippen molar-refractivity contribution in [3.05, 3.63) is 59.2 Å². The number of carbonyl (C=O) groups excluding carboxylic acids is 1. The molecule has 3 aromatic rings. The van der Waals surface area contributed by atoms with Gasteiger partial charge in [0.05, 0.1) is 23.1 Å². The highest BCUT2D eigenvalue weighted by Gasteiger charge is 2.12. The number of anilines is 1. The van der Waals surface area contributed by atoms with Gasteiger partial charge >= 0.3 is 0 Å². The third-order valence-electron chi connectivity index (χ3n) is 3.78. The van der Waals surface area contributed by atoms with Gasteiger partial charge in [-0.25, -0.2) is 0 Å². The quantitative estimate of drug-likeness (QED) is 0.699. The Morgan fingerprint density at radius 1 is 1.23 bits per heavy atom. The number of nitriles is 1. The molecule has 130 valence electrons. The van der Waals surface area contributed by atoms with Crippen LogP contribution in [-0.4, -0.2) is 31.9 Å². The standard InChI is InChI=1S/C18H16N6OS/c1-12-6-7-16(8-13(12)2)24-18(21-22-23-24)26-11-17(25)20-15-5-3-4-14(9-15)10-19/h3-9H,11H2,1-2H3,(H,20,25). The largest absolute Gasteiger partial charge is 0.325 e. The number of amides is 1. The van der Waals surface area contributed by atoms with Gasteiger partial charge in [-0.3, -0.25) is 4.79 Å². The van der Waals surface area contributed by atoms with Crippen molar-refractivity contribution in [2.24, 2.45) is 0 Å². The van der Waals surface area contributed by atoms with Crippen molar-refractivity contribution in [3.63, 3.8) is 0 Å². The first-order valence-corrected chi connectivity index (χ1v) is 8.84. The molecule has 1 heterocycles. The van der Waals surface area contributed by atoms with Crippen LogP contribution in [0.1, 0.15) is 16.7 Å². The van der Waals surface area contributed by atoms with Gasteiger partial charge in [0.1, 0.15) is 0 Å². The van der Waals surface area contributed by atoms with Gasteiger partial charge < -0.3 is 5.32 Å². The van der Waals surface area contributed by atoms with E-state index in [4.69, 9.17) is 5.26 Å². The number of carbonyl (C=O) groups is 1. The summed E-state index contributed by atoms with van der Waals surface area (Å²) in [6.45, 7) is 4.07. The van der Waals surface area contributed by atoms with Crippen molar-refractivity contribution < 1.29 is 4.79 Å². The molecule has 1 aromatic heterocycles. The zero-order valence-electron chi connectivity index (χ0n) is 14.3. The predicted octanol–water partition coefficient (Wildman–Crippen LogP) is 2.88. The zero-order valence-corrected chi connectivity index (χ0v) is 15.1. The van der Waals surface area contributed by atoms with Crippen LogP contribution in [0.3, 0.4) is 0 Å². The van der Waals surface area contributed by atoms with Crippen molar-refractivity contribution in [1.29, 1.82) is 5.26 Å². The lowest BCUT2D eigenvalue weighted by atomic mass is 10.1. The Kier molecular flexibility index (Phi) is 5.29. The van der Waals surface area contributed by atoms with Gasteiger partial charge in [-0.15, -0.1) is 5.10 Å². The molecular weight excluding hydrogens is 348 g/mol. The number of aryl methyl sites for hydroxylation is 2. The van der Waals surface area contributed by atoms with Crippen LogP contribution >= 0.6 is 11.8 Å². The molecule has 0 aliphatic rings. The van der Waals surface area contributed by atoms with Crippen LogP contribution in [0.4, 0.5) is 5.69 Å². The van der Waals surface area contributed by atoms with Crippen LogP contribution in [0.25, 0.3) is 5.69 Å². The van der Waals surface area contributed by atoms with Crippen molar-refractivity contribution in [2.75, 3.05) is 11.1 Å². The fourth-order valence-corrected chi connectivity index (χ4v) is 2.97. The van der Waals surface area contributed by atoms with Gasteiger partial charge in [-0.1, -0.05) is 23.9 Å². The van der Waals surface area contributed by atoms with E-state index in [0.29, 0.717) is 16.4 Å². The molecule has 0 saturated heterocycles. The first kappa shape index (κ1) is 17.6. The van der Waals surface area contributed by atoms with E-state index in [1.54, 1.807) is 28.9 Å². The Morgan fingerprint density at radius 2 is 2.08 bits per heavy atom. The van der Waals surface area contributed by atoms with E-state index in [0.717, 1.165) is 11.3 Å². The molecule has 7 nitrogen and oxygen atoms in total. The highest BCUT2D eigenvalue weighted by molar-refractivity contribution is 7.99. The molecule has 0 atom stereocenters. The summed E-state index contributed by atoms with van der Waals surface area (Å²) >= 11 is 1.25. The number of tetrazole rings is 1. The van der Waals surface area contributed by atoms with Crippen LogP contribution in [0.5, 0.6) is 0 Å². The Balaban J connectivity index is 1.67. The number of rotatable bonds is 5. The van der Waals surface area contributed by atoms with Crippen LogP contribution in [0.15, 0.2) is 47.6 Å². The number of thioether (sulfide) groups is 1. The molecule has 0 unspecified atom stereocenters. The van der Waals surface area contributed by atoms with Crippen molar-refractivity contribution in [3.8, 4) is 11.8 Å². The lowest BCUT2D eigenvalue weighted by Gasteiger charge is -2.07. The van der Waals surface area contributed by atoms with E-state index >= 15 is 0 Å². The number of aromatic nitrogens is 4. The van der Waals surface area contributed by atoms with Crippen molar-refractivity contribution in [1.82, 2.24) is 20.2 Å². The van der Waals surface area contributed by atoms with E-state index in [9.17, 15) is 4.79 Å². The van der Waals surface area contributed by atoms with Gasteiger partial charge in [0, 0.05) is 5.69 Å². The van der Waals surface area contributed by atoms with Crippen LogP contribution in [0, 0.1) is 25.2 Å². The minimum absolute atomic E-state index is 0.155. The molecule has 0 spiro atoms. The highest BCUT2D eigenvalue weighted by atomic mass is 32.2. The third-order valence-corrected chi connectivity index (χ3v) is 4.70. The van der Waals surface area contributed by atoms with E-state index in [-0.39, 0.29) is 11.7 Å². The number of hydrogen-bond donors (Lipinski definition) is 1. The molecule has 0 radical (unpaired) electrons. The molecule has 0 aliphatic carbocycles. The second kappa shape index (κ2) is 7.80. The van der Waals surface area contributed by atoms with Gasteiger partial charge in [-0.05, 0) is 65.7 Å². The van der Waals surface area contributed by atoms with Gasteiger partial charge in [0.25, 0.3) is 0 Å². The zero-order chi connectivity index (χ0) is 18.5. The lowest BCUT2D eigenvalue weighted by Crippen LogP contribution is -2.14. The van der Waals surface area contributed by atoms with Gasteiger partial charge in [-0.2, -0.15) is 9.94 Å². The fourth-order valence-electron chi connectivity index (χ4n) is 2.28. The number of nitrogens with one attached hydrogen (secondary N) is 1. The van der Waals surface area contributed by atoms with E-state index in [1.165, 1.54) is 17.3 Å². The first-order chi connectivity index (χ1) is 12.6. The molecule has 0 fully saturated rings. The minimum atomic E-state index is -0.195. The second-order valence-corrected chi connectivity index (χ2v) is 6.61. The van der Waals surface area contributed by atoms with Crippen molar-refractivity contribution >= 4 is 23.4 Å². The Morgan fingerprint density at radius 3 is 2.85 bits per heavy atom. The summed E-state index contributed by atoms with van der Waals surface area (Å²) < 4.78 is 1.61. The van der Waals surface area contributed by atoms with Gasteiger partial charge in [0.15, 0.2) is 0 Å². The Hall–Kier alpha value is -3.18. The summed E-state index contributed by atoms with van der Waals surface area (Å²) in [6, 6.07) is 14.8. The second-order valence-electron chi connectivity index (χ2n) is 5.67. The molecular formula is C18H16N6OS. The molecule has 3 rings (SSSR count). The molecule has 0 saturated carbocycles. The highest BCUT2D eigenvalue weighted by Crippen LogP contribution is 2.20. The maximum atomic E-state index is 12.2. The number of hydrogen-bond acceptors (Lipinski definition) is 6. The van der Waals surface area contributed by atoms with Crippen LogP contribution < -0.4 is 5.32 Å². The van der Waals surface area contributed by atoms with Gasteiger partial charge in [0.2, 0.25) is 11.1 Å². The maximum absolute atomic E-state index is 12.2. The van der Waals surface area contributed by atoms with Crippen molar-refractivity contribution in [2.45, 2.75) is 19.0 Å². The Labute approximate surface area is 155 Å². The molecule has 1 amide bonds. The predicted molar refractivity (Wildman–Crippen MR) is 99.1 cm³/mol. The fraction of sp³-hybridized carbons (Fsp3) is 0.167. The SMILES string of the molecule is Cc1ccc(-n2nnnc2SCC(=O)Nc2cccc(C#N)c2)cc1C. The average Bonchev–Trinajstić information content (AvgIpc) is 3.11. The van der Waals surface area contributed by atoms with Crippen LogP contribution in [-0.2, 0) is 4.79 Å². The maximum Gasteiger partial charge on any atom is 0.234 e. The summed E-state index contributed by atoms with van der Waals surface area (Å²) in [5.74, 6) is -0.0399. The molecule has 0 bridgehead atoms. The first-order valence-electron chi connectivity index (χ1n) is 7.85. The minimum Gasteiger partial charge on any atom is -0.325 e. The summed E-state index contributed by atoms with van der Waals surface area (Å²) in [5, 5.41) is 23.9. The van der Waals surface area contributed by atoms with E-state index < -0.39 is 0 Å². The topological polar surface area (TPSA) is 96.5 Å². The summed E-state index contributed by atoms with van der Waals surface area (Å²) in [7, 11) is 0. The average molecular weight is 364 g/mol. The lowest BCUT2D eigenvalue weighted by molar-refractivity contribution is -0.113. The molecule has 0 aliphatic heterocycles. The normalized spacial score (nSPS) is 10.3. The number of benzene rings is 2.